The van der Waals surface area contributed by atoms with Gasteiger partial charge in [0.1, 0.15) is 5.57 Å². The zero-order valence-corrected chi connectivity index (χ0v) is 18.9. The minimum Gasteiger partial charge on any atom is -0.493 e. The molecule has 0 bridgehead atoms. The fraction of sp³-hybridized carbons (Fsp3) is 0.150. The zero-order valence-electron chi connectivity index (χ0n) is 15.7. The third-order valence-corrected chi connectivity index (χ3v) is 5.51. The molecule has 1 saturated heterocycles. The van der Waals surface area contributed by atoms with Gasteiger partial charge in [0.05, 0.1) is 19.9 Å². The highest BCUT2D eigenvalue weighted by molar-refractivity contribution is 9.10. The normalized spacial score (nSPS) is 15.6. The topological polar surface area (TPSA) is 67.9 Å². The van der Waals surface area contributed by atoms with Gasteiger partial charge in [-0.3, -0.25) is 19.8 Å². The molecule has 0 spiro atoms. The molecule has 1 aliphatic rings. The summed E-state index contributed by atoms with van der Waals surface area (Å²) in [6.07, 6.45) is 1.44. The number of anilines is 1. The van der Waals surface area contributed by atoms with E-state index in [2.05, 4.69) is 21.2 Å². The number of rotatable bonds is 4. The molecule has 9 heteroatoms. The molecule has 2 amide bonds. The number of amides is 2. The monoisotopic (exact) mass is 494 g/mol. The summed E-state index contributed by atoms with van der Waals surface area (Å²) in [4.78, 5) is 27.1. The number of halogens is 2. The van der Waals surface area contributed by atoms with Crippen molar-refractivity contribution in [1.29, 1.82) is 0 Å². The molecular weight excluding hydrogens is 480 g/mol. The lowest BCUT2D eigenvalue weighted by Gasteiger charge is -2.30. The Labute approximate surface area is 186 Å². The number of nitrogens with one attached hydrogen (secondary N) is 1. The second-order valence-electron chi connectivity index (χ2n) is 6.07. The molecule has 0 radical (unpaired) electrons. The standard InChI is InChI=1S/C20H16BrClN2O4S/c1-10-14(22)5-4-6-15(10)24-19(26)13(18(25)23-20(24)29)8-11-7-12(21)9-16(27-2)17(11)28-3/h4-9H,1-3H3,(H,23,25,29)/b13-8+. The maximum absolute atomic E-state index is 13.2. The van der Waals surface area contributed by atoms with Gasteiger partial charge in [0.2, 0.25) is 0 Å². The van der Waals surface area contributed by atoms with Gasteiger partial charge >= 0.3 is 0 Å². The second-order valence-corrected chi connectivity index (χ2v) is 7.78. The Balaban J connectivity index is 2.14. The van der Waals surface area contributed by atoms with E-state index in [0.717, 1.165) is 0 Å². The van der Waals surface area contributed by atoms with Crippen LogP contribution >= 0.6 is 39.7 Å². The number of nitrogens with zero attached hydrogens (tertiary/aromatic N) is 1. The lowest BCUT2D eigenvalue weighted by Crippen LogP contribution is -2.54. The van der Waals surface area contributed by atoms with E-state index >= 15 is 0 Å². The van der Waals surface area contributed by atoms with Gasteiger partial charge in [0.25, 0.3) is 11.8 Å². The summed E-state index contributed by atoms with van der Waals surface area (Å²) in [5.74, 6) is -0.320. The average molecular weight is 496 g/mol. The molecule has 0 saturated carbocycles. The highest BCUT2D eigenvalue weighted by Crippen LogP contribution is 2.37. The maximum Gasteiger partial charge on any atom is 0.270 e. The first kappa shape index (κ1) is 21.3. The smallest absolute Gasteiger partial charge is 0.270 e. The molecule has 1 aliphatic heterocycles. The van der Waals surface area contributed by atoms with Crippen LogP contribution in [0.25, 0.3) is 6.08 Å². The molecular formula is C20H16BrClN2O4S. The highest BCUT2D eigenvalue weighted by atomic mass is 79.9. The summed E-state index contributed by atoms with van der Waals surface area (Å²) in [5.41, 5.74) is 1.56. The van der Waals surface area contributed by atoms with Gasteiger partial charge in [-0.05, 0) is 55.0 Å². The first-order chi connectivity index (χ1) is 13.8. The van der Waals surface area contributed by atoms with Crippen LogP contribution in [0.15, 0.2) is 40.4 Å². The molecule has 6 nitrogen and oxygen atoms in total. The highest BCUT2D eigenvalue weighted by Gasteiger charge is 2.35. The minimum atomic E-state index is -0.600. The summed E-state index contributed by atoms with van der Waals surface area (Å²) in [6, 6.07) is 8.58. The largest absolute Gasteiger partial charge is 0.493 e. The first-order valence-electron chi connectivity index (χ1n) is 8.36. The Kier molecular flexibility index (Phi) is 6.26. The van der Waals surface area contributed by atoms with E-state index in [-0.39, 0.29) is 10.7 Å². The van der Waals surface area contributed by atoms with E-state index in [4.69, 9.17) is 33.3 Å². The van der Waals surface area contributed by atoms with Crippen molar-refractivity contribution in [1.82, 2.24) is 5.32 Å². The fourth-order valence-corrected chi connectivity index (χ4v) is 3.83. The number of benzene rings is 2. The number of hydrogen-bond acceptors (Lipinski definition) is 5. The van der Waals surface area contributed by atoms with Crippen molar-refractivity contribution in [3.63, 3.8) is 0 Å². The van der Waals surface area contributed by atoms with Crippen LogP contribution in [0.4, 0.5) is 5.69 Å². The van der Waals surface area contributed by atoms with E-state index in [0.29, 0.717) is 37.8 Å². The number of ether oxygens (including phenoxy) is 2. The molecule has 2 aromatic carbocycles. The zero-order chi connectivity index (χ0) is 21.3. The third kappa shape index (κ3) is 4.01. The molecule has 29 heavy (non-hydrogen) atoms. The molecule has 0 aliphatic carbocycles. The number of methoxy groups -OCH3 is 2. The predicted molar refractivity (Wildman–Crippen MR) is 120 cm³/mol. The van der Waals surface area contributed by atoms with Crippen molar-refractivity contribution in [2.45, 2.75) is 6.92 Å². The van der Waals surface area contributed by atoms with Crippen LogP contribution in [0.5, 0.6) is 11.5 Å². The second kappa shape index (κ2) is 8.52. The SMILES string of the molecule is COc1cc(Br)cc(/C=C2\C(=O)NC(=S)N(c3cccc(Cl)c3C)C2=O)c1OC. The Bertz CT molecular complexity index is 1070. The van der Waals surface area contributed by atoms with Crippen LogP contribution in [0.2, 0.25) is 5.02 Å². The summed E-state index contributed by atoms with van der Waals surface area (Å²) < 4.78 is 11.4. The van der Waals surface area contributed by atoms with Gasteiger partial charge in [-0.15, -0.1) is 0 Å². The molecule has 1 N–H and O–H groups in total. The summed E-state index contributed by atoms with van der Waals surface area (Å²) in [7, 11) is 2.98. The number of carbonyl (C=O) groups excluding carboxylic acids is 2. The van der Waals surface area contributed by atoms with Crippen LogP contribution in [0.3, 0.4) is 0 Å². The number of carbonyl (C=O) groups is 2. The van der Waals surface area contributed by atoms with Crippen molar-refractivity contribution in [3.8, 4) is 11.5 Å². The minimum absolute atomic E-state index is 0.0127. The van der Waals surface area contributed by atoms with Gasteiger partial charge in [0.15, 0.2) is 16.6 Å². The maximum atomic E-state index is 13.2. The van der Waals surface area contributed by atoms with Gasteiger partial charge in [-0.25, -0.2) is 0 Å². The van der Waals surface area contributed by atoms with Gasteiger partial charge in [-0.2, -0.15) is 0 Å². The summed E-state index contributed by atoms with van der Waals surface area (Å²) in [6.45, 7) is 1.77. The Hall–Kier alpha value is -2.42. The van der Waals surface area contributed by atoms with Crippen LogP contribution < -0.4 is 19.7 Å². The van der Waals surface area contributed by atoms with Crippen LogP contribution in [0.1, 0.15) is 11.1 Å². The van der Waals surface area contributed by atoms with E-state index in [1.54, 1.807) is 37.3 Å². The Morgan fingerprint density at radius 1 is 1.21 bits per heavy atom. The van der Waals surface area contributed by atoms with Crippen molar-refractivity contribution in [2.24, 2.45) is 0 Å². The van der Waals surface area contributed by atoms with Crippen molar-refractivity contribution < 1.29 is 19.1 Å². The molecule has 3 rings (SSSR count). The van der Waals surface area contributed by atoms with Crippen molar-refractivity contribution >= 4 is 68.4 Å². The summed E-state index contributed by atoms with van der Waals surface area (Å²) >= 11 is 14.8. The Morgan fingerprint density at radius 2 is 1.93 bits per heavy atom. The number of hydrogen-bond donors (Lipinski definition) is 1. The molecule has 0 unspecified atom stereocenters. The van der Waals surface area contributed by atoms with Gasteiger partial charge < -0.3 is 9.47 Å². The van der Waals surface area contributed by atoms with E-state index in [9.17, 15) is 9.59 Å². The third-order valence-electron chi connectivity index (χ3n) is 4.35. The van der Waals surface area contributed by atoms with E-state index in [1.807, 2.05) is 0 Å². The van der Waals surface area contributed by atoms with Crippen LogP contribution in [-0.2, 0) is 9.59 Å². The molecule has 1 fully saturated rings. The quantitative estimate of drug-likeness (QED) is 0.390. The molecule has 1 heterocycles. The van der Waals surface area contributed by atoms with Crippen LogP contribution in [0, 0.1) is 6.92 Å². The molecule has 2 aromatic rings. The van der Waals surface area contributed by atoms with Crippen molar-refractivity contribution in [2.75, 3.05) is 19.1 Å². The fourth-order valence-electron chi connectivity index (χ4n) is 2.94. The van der Waals surface area contributed by atoms with Crippen molar-refractivity contribution in [3.05, 3.63) is 56.5 Å². The van der Waals surface area contributed by atoms with Crippen LogP contribution in [-0.4, -0.2) is 31.1 Å². The molecule has 150 valence electrons. The molecule has 0 aromatic heterocycles. The lowest BCUT2D eigenvalue weighted by molar-refractivity contribution is -0.122. The molecule has 0 atom stereocenters. The van der Waals surface area contributed by atoms with Gasteiger partial charge in [0, 0.05) is 15.1 Å². The predicted octanol–water partition coefficient (Wildman–Crippen LogP) is 4.26. The average Bonchev–Trinajstić information content (AvgIpc) is 2.67. The summed E-state index contributed by atoms with van der Waals surface area (Å²) in [5, 5.41) is 3.03. The number of thiocarbonyl (C=S) groups is 1. The lowest BCUT2D eigenvalue weighted by atomic mass is 10.0. The van der Waals surface area contributed by atoms with E-state index in [1.165, 1.54) is 25.2 Å². The van der Waals surface area contributed by atoms with E-state index < -0.39 is 11.8 Å². The first-order valence-corrected chi connectivity index (χ1v) is 9.94. The Morgan fingerprint density at radius 3 is 2.59 bits per heavy atom. The van der Waals surface area contributed by atoms with Gasteiger partial charge in [-0.1, -0.05) is 33.6 Å².